The Morgan fingerprint density at radius 2 is 1.63 bits per heavy atom. The first-order valence-electron chi connectivity index (χ1n) is 5.39. The van der Waals surface area contributed by atoms with Crippen molar-refractivity contribution in [2.45, 2.75) is 6.04 Å². The maximum absolute atomic E-state index is 13.7. The molecule has 0 radical (unpaired) electrons. The van der Waals surface area contributed by atoms with E-state index in [-0.39, 0.29) is 10.6 Å². The number of rotatable bonds is 3. The van der Waals surface area contributed by atoms with Crippen LogP contribution in [0.5, 0.6) is 0 Å². The van der Waals surface area contributed by atoms with E-state index < -0.39 is 23.5 Å². The van der Waals surface area contributed by atoms with Crippen LogP contribution in [0.1, 0.15) is 17.2 Å². The molecule has 1 unspecified atom stereocenters. The van der Waals surface area contributed by atoms with Gasteiger partial charge in [-0.25, -0.2) is 18.6 Å². The van der Waals surface area contributed by atoms with Crippen LogP contribution >= 0.6 is 11.6 Å². The normalized spacial score (nSPS) is 12.5. The molecule has 3 N–H and O–H groups in total. The zero-order valence-corrected chi connectivity index (χ0v) is 10.4. The minimum atomic E-state index is -0.959. The molecule has 2 rings (SSSR count). The molecule has 0 aliphatic rings. The second-order valence-electron chi connectivity index (χ2n) is 3.91. The van der Waals surface area contributed by atoms with Gasteiger partial charge < -0.3 is 0 Å². The summed E-state index contributed by atoms with van der Waals surface area (Å²) < 4.78 is 40.5. The highest BCUT2D eigenvalue weighted by atomic mass is 35.5. The number of hydrazine groups is 1. The molecular formula is C13H10ClF3N2. The number of hydrogen-bond donors (Lipinski definition) is 2. The van der Waals surface area contributed by atoms with Crippen molar-refractivity contribution >= 4 is 11.6 Å². The number of halogens is 4. The largest absolute Gasteiger partial charge is 0.271 e. The predicted molar refractivity (Wildman–Crippen MR) is 66.9 cm³/mol. The van der Waals surface area contributed by atoms with Crippen LogP contribution in [0.25, 0.3) is 0 Å². The number of nitrogens with two attached hydrogens (primary N) is 1. The molecule has 2 aromatic carbocycles. The Labute approximate surface area is 113 Å². The lowest BCUT2D eigenvalue weighted by atomic mass is 9.98. The topological polar surface area (TPSA) is 38.0 Å². The molecule has 0 aliphatic carbocycles. The molecule has 0 saturated heterocycles. The third-order valence-electron chi connectivity index (χ3n) is 2.73. The van der Waals surface area contributed by atoms with Gasteiger partial charge in [-0.15, -0.1) is 0 Å². The van der Waals surface area contributed by atoms with Crippen molar-refractivity contribution in [1.82, 2.24) is 5.43 Å². The molecule has 0 aliphatic heterocycles. The van der Waals surface area contributed by atoms with E-state index in [4.69, 9.17) is 17.4 Å². The molecule has 0 bridgehead atoms. The fraction of sp³-hybridized carbons (Fsp3) is 0.0769. The second-order valence-corrected chi connectivity index (χ2v) is 4.32. The van der Waals surface area contributed by atoms with Gasteiger partial charge in [0.2, 0.25) is 0 Å². The van der Waals surface area contributed by atoms with Gasteiger partial charge in [-0.1, -0.05) is 23.7 Å². The average molecular weight is 287 g/mol. The van der Waals surface area contributed by atoms with Gasteiger partial charge in [-0.05, 0) is 29.8 Å². The molecule has 0 fully saturated rings. The summed E-state index contributed by atoms with van der Waals surface area (Å²) >= 11 is 5.65. The standard InChI is InChI=1S/C13H10ClF3N2/c14-8-6-7(4-5-9(8)15)13(19-18)12-10(16)2-1-3-11(12)17/h1-6,13,19H,18H2. The lowest BCUT2D eigenvalue weighted by Gasteiger charge is -2.18. The van der Waals surface area contributed by atoms with Gasteiger partial charge in [-0.2, -0.15) is 0 Å². The van der Waals surface area contributed by atoms with Gasteiger partial charge in [-0.3, -0.25) is 5.84 Å². The zero-order chi connectivity index (χ0) is 14.0. The van der Waals surface area contributed by atoms with Gasteiger partial charge in [0.15, 0.2) is 0 Å². The molecule has 19 heavy (non-hydrogen) atoms. The van der Waals surface area contributed by atoms with E-state index >= 15 is 0 Å². The molecule has 0 spiro atoms. The molecule has 2 nitrogen and oxygen atoms in total. The summed E-state index contributed by atoms with van der Waals surface area (Å²) in [7, 11) is 0. The lowest BCUT2D eigenvalue weighted by molar-refractivity contribution is 0.510. The summed E-state index contributed by atoms with van der Waals surface area (Å²) in [6.07, 6.45) is 0. The first kappa shape index (κ1) is 13.9. The molecule has 1 atom stereocenters. The minimum absolute atomic E-state index is 0.144. The molecular weight excluding hydrogens is 277 g/mol. The number of hydrogen-bond acceptors (Lipinski definition) is 2. The summed E-state index contributed by atoms with van der Waals surface area (Å²) in [5, 5.41) is -0.144. The first-order valence-corrected chi connectivity index (χ1v) is 5.77. The average Bonchev–Trinajstić information content (AvgIpc) is 2.37. The van der Waals surface area contributed by atoms with E-state index in [0.29, 0.717) is 5.56 Å². The van der Waals surface area contributed by atoms with Gasteiger partial charge in [0.05, 0.1) is 11.1 Å². The van der Waals surface area contributed by atoms with Crippen molar-refractivity contribution < 1.29 is 13.2 Å². The Morgan fingerprint density at radius 3 is 2.16 bits per heavy atom. The van der Waals surface area contributed by atoms with Crippen LogP contribution in [-0.4, -0.2) is 0 Å². The van der Waals surface area contributed by atoms with Crippen molar-refractivity contribution in [3.8, 4) is 0 Å². The second kappa shape index (κ2) is 5.61. The molecule has 0 amide bonds. The Bertz CT molecular complexity index is 584. The fourth-order valence-corrected chi connectivity index (χ4v) is 2.01. The zero-order valence-electron chi connectivity index (χ0n) is 9.63. The van der Waals surface area contributed by atoms with Gasteiger partial charge in [0.25, 0.3) is 0 Å². The molecule has 2 aromatic rings. The van der Waals surface area contributed by atoms with Crippen molar-refractivity contribution in [3.63, 3.8) is 0 Å². The highest BCUT2D eigenvalue weighted by Crippen LogP contribution is 2.28. The van der Waals surface area contributed by atoms with Crippen molar-refractivity contribution in [2.75, 3.05) is 0 Å². The summed E-state index contributed by atoms with van der Waals surface area (Å²) in [5.74, 6) is 3.23. The lowest BCUT2D eigenvalue weighted by Crippen LogP contribution is -2.30. The van der Waals surface area contributed by atoms with E-state index in [1.54, 1.807) is 0 Å². The van der Waals surface area contributed by atoms with Crippen LogP contribution in [0.2, 0.25) is 5.02 Å². The van der Waals surface area contributed by atoms with Gasteiger partial charge >= 0.3 is 0 Å². The van der Waals surface area contributed by atoms with Crippen LogP contribution in [0.3, 0.4) is 0 Å². The van der Waals surface area contributed by atoms with E-state index in [2.05, 4.69) is 5.43 Å². The monoisotopic (exact) mass is 286 g/mol. The molecule has 0 aromatic heterocycles. The van der Waals surface area contributed by atoms with Gasteiger partial charge in [0, 0.05) is 5.56 Å². The van der Waals surface area contributed by atoms with Crippen LogP contribution in [-0.2, 0) is 0 Å². The molecule has 0 heterocycles. The van der Waals surface area contributed by atoms with E-state index in [1.807, 2.05) is 0 Å². The summed E-state index contributed by atoms with van der Waals surface area (Å²) in [6, 6.07) is 6.27. The maximum atomic E-state index is 13.7. The Morgan fingerprint density at radius 1 is 1.00 bits per heavy atom. The van der Waals surface area contributed by atoms with Crippen LogP contribution in [0, 0.1) is 17.5 Å². The number of nitrogens with one attached hydrogen (secondary N) is 1. The van der Waals surface area contributed by atoms with E-state index in [1.165, 1.54) is 18.2 Å². The summed E-state index contributed by atoms with van der Waals surface area (Å²) in [5.41, 5.74) is 2.42. The Kier molecular flexibility index (Phi) is 4.09. The fourth-order valence-electron chi connectivity index (χ4n) is 1.82. The molecule has 6 heteroatoms. The maximum Gasteiger partial charge on any atom is 0.141 e. The minimum Gasteiger partial charge on any atom is -0.271 e. The van der Waals surface area contributed by atoms with Crippen molar-refractivity contribution in [1.29, 1.82) is 0 Å². The SMILES string of the molecule is NNC(c1ccc(F)c(Cl)c1)c1c(F)cccc1F. The third kappa shape index (κ3) is 2.73. The third-order valence-corrected chi connectivity index (χ3v) is 3.02. The summed E-state index contributed by atoms with van der Waals surface area (Å²) in [4.78, 5) is 0. The Balaban J connectivity index is 2.53. The predicted octanol–water partition coefficient (Wildman–Crippen LogP) is 3.31. The van der Waals surface area contributed by atoms with Crippen LogP contribution < -0.4 is 11.3 Å². The first-order chi connectivity index (χ1) is 9.04. The highest BCUT2D eigenvalue weighted by Gasteiger charge is 2.21. The van der Waals surface area contributed by atoms with Gasteiger partial charge in [0.1, 0.15) is 17.5 Å². The van der Waals surface area contributed by atoms with Crippen LogP contribution in [0.15, 0.2) is 36.4 Å². The van der Waals surface area contributed by atoms with E-state index in [9.17, 15) is 13.2 Å². The molecule has 100 valence electrons. The molecule has 0 saturated carbocycles. The number of benzene rings is 2. The smallest absolute Gasteiger partial charge is 0.141 e. The Hall–Kier alpha value is -1.56. The van der Waals surface area contributed by atoms with E-state index in [0.717, 1.165) is 18.2 Å². The van der Waals surface area contributed by atoms with Crippen molar-refractivity contribution in [3.05, 3.63) is 70.0 Å². The highest BCUT2D eigenvalue weighted by molar-refractivity contribution is 6.30. The van der Waals surface area contributed by atoms with Crippen molar-refractivity contribution in [2.24, 2.45) is 5.84 Å². The van der Waals surface area contributed by atoms with Crippen LogP contribution in [0.4, 0.5) is 13.2 Å². The quantitative estimate of drug-likeness (QED) is 0.671. The summed E-state index contributed by atoms with van der Waals surface area (Å²) in [6.45, 7) is 0.